The second kappa shape index (κ2) is 24.0. The fraction of sp³-hybridized carbons (Fsp3) is 0.576. The molecule has 4 nitrogen and oxygen atoms in total. The van der Waals surface area contributed by atoms with Crippen molar-refractivity contribution in [3.63, 3.8) is 0 Å². The first kappa shape index (κ1) is 53.8. The van der Waals surface area contributed by atoms with Crippen molar-refractivity contribution in [2.45, 2.75) is 246 Å². The molecule has 0 atom stereocenters. The summed E-state index contributed by atoms with van der Waals surface area (Å²) in [4.78, 5) is 5.63. The number of hydrogen-bond donors (Lipinski definition) is 0. The van der Waals surface area contributed by atoms with Crippen LogP contribution in [0.4, 0.5) is 0 Å². The number of unbranched alkanes of at least 4 members (excludes halogenated alkanes) is 20. The molecule has 10 rings (SSSR count). The Morgan fingerprint density at radius 3 is 1.27 bits per heavy atom. The van der Waals surface area contributed by atoms with Crippen molar-refractivity contribution < 1.29 is 0 Å². The van der Waals surface area contributed by atoms with Crippen molar-refractivity contribution in [1.29, 1.82) is 0 Å². The molecule has 0 spiro atoms. The lowest BCUT2D eigenvalue weighted by atomic mass is 9.68. The fourth-order valence-electron chi connectivity index (χ4n) is 14.2. The van der Waals surface area contributed by atoms with Gasteiger partial charge in [0.1, 0.15) is 22.1 Å². The third-order valence-electron chi connectivity index (χ3n) is 18.0. The van der Waals surface area contributed by atoms with Crippen molar-refractivity contribution in [2.24, 2.45) is 0 Å². The molecule has 394 valence electrons. The largest absolute Gasteiger partial charge is 0.173 e. The second-order valence-corrected chi connectivity index (χ2v) is 26.8. The molecule has 8 heteroatoms. The van der Waals surface area contributed by atoms with Gasteiger partial charge in [0.25, 0.3) is 0 Å². The summed E-state index contributed by atoms with van der Waals surface area (Å²) in [7, 11) is 0. The Kier molecular flexibility index (Phi) is 17.4. The molecule has 0 amide bonds. The van der Waals surface area contributed by atoms with Gasteiger partial charge < -0.3 is 0 Å². The third kappa shape index (κ3) is 10.00. The summed E-state index contributed by atoms with van der Waals surface area (Å²) in [6.45, 7) is 18.6. The highest BCUT2D eigenvalue weighted by Gasteiger charge is 2.50. The van der Waals surface area contributed by atoms with E-state index in [0.717, 1.165) is 22.1 Å². The molecule has 3 aliphatic carbocycles. The summed E-state index contributed by atoms with van der Waals surface area (Å²) in [5.74, 6) is 0. The van der Waals surface area contributed by atoms with E-state index in [2.05, 4.69) is 91.8 Å². The van der Waals surface area contributed by atoms with Gasteiger partial charge in [0.2, 0.25) is 0 Å². The smallest absolute Gasteiger partial charge is 0.114 e. The number of rotatable bonds is 29. The Morgan fingerprint density at radius 2 is 0.784 bits per heavy atom. The third-order valence-corrected chi connectivity index (χ3v) is 21.4. The topological polar surface area (TPSA) is 51.6 Å². The highest BCUT2D eigenvalue weighted by molar-refractivity contribution is 7.24. The molecule has 74 heavy (non-hydrogen) atoms. The maximum atomic E-state index is 5.44. The summed E-state index contributed by atoms with van der Waals surface area (Å²) < 4.78 is 21.0. The molecule has 4 aromatic heterocycles. The molecule has 0 unspecified atom stereocenters. The molecule has 0 N–H and O–H groups in total. The maximum Gasteiger partial charge on any atom is 0.114 e. The van der Waals surface area contributed by atoms with Crippen LogP contribution in [0.25, 0.3) is 70.1 Å². The zero-order chi connectivity index (χ0) is 51.4. The number of hydrogen-bond acceptors (Lipinski definition) is 8. The van der Waals surface area contributed by atoms with Crippen LogP contribution < -0.4 is 0 Å². The number of thiophene rings is 2. The Labute approximate surface area is 462 Å². The predicted molar refractivity (Wildman–Crippen MR) is 326 cm³/mol. The first-order valence-electron chi connectivity index (χ1n) is 29.9. The second-order valence-electron chi connectivity index (χ2n) is 23.4. The minimum Gasteiger partial charge on any atom is -0.173 e. The molecular weight excluding hydrogens is 977 g/mol. The van der Waals surface area contributed by atoms with E-state index in [1.54, 1.807) is 22.3 Å². The lowest BCUT2D eigenvalue weighted by Gasteiger charge is -2.35. The van der Waals surface area contributed by atoms with Crippen LogP contribution in [0.15, 0.2) is 42.0 Å². The number of aromatic nitrogens is 4. The molecular formula is C66H86N4S4. The number of benzene rings is 3. The zero-order valence-corrected chi connectivity index (χ0v) is 50.0. The van der Waals surface area contributed by atoms with Gasteiger partial charge in [0.15, 0.2) is 0 Å². The number of nitrogens with zero attached hydrogens (tertiary/aromatic N) is 4. The molecule has 0 saturated heterocycles. The van der Waals surface area contributed by atoms with Gasteiger partial charge in [0, 0.05) is 48.4 Å². The molecule has 4 heterocycles. The van der Waals surface area contributed by atoms with E-state index in [-0.39, 0.29) is 10.8 Å². The molecule has 0 fully saturated rings. The lowest BCUT2D eigenvalue weighted by Crippen LogP contribution is -2.27. The van der Waals surface area contributed by atoms with E-state index < -0.39 is 0 Å². The quantitative estimate of drug-likeness (QED) is 0.0439. The Bertz CT molecular complexity index is 3060. The van der Waals surface area contributed by atoms with Gasteiger partial charge in [-0.3, -0.25) is 0 Å². The first-order valence-corrected chi connectivity index (χ1v) is 33.0. The van der Waals surface area contributed by atoms with Crippen LogP contribution in [0.1, 0.15) is 265 Å². The summed E-state index contributed by atoms with van der Waals surface area (Å²) in [5.41, 5.74) is 24.5. The molecule has 0 radical (unpaired) electrons. The summed E-state index contributed by atoms with van der Waals surface area (Å²) in [6, 6.07) is 15.8. The van der Waals surface area contributed by atoms with Gasteiger partial charge >= 0.3 is 0 Å². The monoisotopic (exact) mass is 1060 g/mol. The van der Waals surface area contributed by atoms with E-state index in [1.165, 1.54) is 278 Å². The minimum absolute atomic E-state index is 0.0692. The van der Waals surface area contributed by atoms with E-state index in [4.69, 9.17) is 17.5 Å². The van der Waals surface area contributed by atoms with Crippen LogP contribution in [-0.2, 0) is 10.8 Å². The van der Waals surface area contributed by atoms with Gasteiger partial charge in [-0.05, 0) is 128 Å². The average molecular weight is 1060 g/mol. The molecule has 3 aliphatic rings. The summed E-state index contributed by atoms with van der Waals surface area (Å²) >= 11 is 6.81. The highest BCUT2D eigenvalue weighted by Crippen LogP contribution is 2.64. The normalized spacial score (nSPS) is 14.6. The average Bonchev–Trinajstić information content (AvgIpc) is 4.31. The zero-order valence-electron chi connectivity index (χ0n) is 46.7. The maximum absolute atomic E-state index is 5.44. The highest BCUT2D eigenvalue weighted by atomic mass is 32.1. The number of allylic oxidation sites excluding steroid dienone is 1. The van der Waals surface area contributed by atoms with Crippen LogP contribution in [0.2, 0.25) is 0 Å². The fourth-order valence-corrected chi connectivity index (χ4v) is 17.7. The van der Waals surface area contributed by atoms with E-state index in [1.807, 2.05) is 22.7 Å². The molecule has 0 aliphatic heterocycles. The van der Waals surface area contributed by atoms with E-state index in [9.17, 15) is 0 Å². The molecule has 0 saturated carbocycles. The molecule has 3 aromatic carbocycles. The van der Waals surface area contributed by atoms with Crippen molar-refractivity contribution in [3.8, 4) is 42.4 Å². The van der Waals surface area contributed by atoms with E-state index >= 15 is 0 Å². The van der Waals surface area contributed by atoms with Gasteiger partial charge in [-0.2, -0.15) is 17.5 Å². The SMILES string of the molecule is CCCCCCCCC1(CCCCCCCC)c2cc3c(cc2-c2c1cc(C)c1nsnc21)C(CCCCCCCC)(CCCCCCCC)c1cc(-c2cc4c(s2)-c2sc(C)cc2C4=C(C)C)c2nsnc2c1-3. The van der Waals surface area contributed by atoms with Crippen molar-refractivity contribution in [1.82, 2.24) is 17.5 Å². The molecule has 0 bridgehead atoms. The van der Waals surface area contributed by atoms with E-state index in [0.29, 0.717) is 0 Å². The molecule has 7 aromatic rings. The van der Waals surface area contributed by atoms with Gasteiger partial charge in [0.05, 0.1) is 33.2 Å². The van der Waals surface area contributed by atoms with Gasteiger partial charge in [-0.25, -0.2) is 0 Å². The van der Waals surface area contributed by atoms with Crippen molar-refractivity contribution >= 4 is 73.8 Å². The van der Waals surface area contributed by atoms with Crippen LogP contribution in [0, 0.1) is 13.8 Å². The summed E-state index contributed by atoms with van der Waals surface area (Å²) in [5, 5.41) is 0. The predicted octanol–water partition coefficient (Wildman–Crippen LogP) is 22.5. The number of fused-ring (bicyclic) bond motifs is 13. The van der Waals surface area contributed by atoms with Crippen molar-refractivity contribution in [3.05, 3.63) is 85.8 Å². The van der Waals surface area contributed by atoms with Crippen molar-refractivity contribution in [2.75, 3.05) is 0 Å². The van der Waals surface area contributed by atoms with Gasteiger partial charge in [-0.1, -0.05) is 193 Å². The Balaban J connectivity index is 1.19. The number of aryl methyl sites for hydroxylation is 2. The Hall–Kier alpha value is -3.56. The van der Waals surface area contributed by atoms with Crippen LogP contribution in [0.5, 0.6) is 0 Å². The lowest BCUT2D eigenvalue weighted by molar-refractivity contribution is 0.394. The van der Waals surface area contributed by atoms with Crippen LogP contribution >= 0.6 is 46.1 Å². The minimum atomic E-state index is -0.126. The van der Waals surface area contributed by atoms with Crippen LogP contribution in [-0.4, -0.2) is 17.5 Å². The van der Waals surface area contributed by atoms with Crippen LogP contribution in [0.3, 0.4) is 0 Å². The Morgan fingerprint density at radius 1 is 0.392 bits per heavy atom. The standard InChI is InChI=1S/C66H86N4S4/c1-9-13-17-21-25-29-33-65(34-30-26-22-18-14-10-2)51-40-47-52(39-46(51)57-53(65)37-44(7)59-61(57)69-73-67-59)66(35-31-27-23-19-15-11-3,36-32-28-24-20-16-12-4)54-41-48(60-62(58(47)54)70-74-68-60)55-42-50-56(43(5)6)49-38-45(8)71-63(49)64(50)72-55/h37-42H,9-36H2,1-8H3. The van der Waals surface area contributed by atoms with Gasteiger partial charge in [-0.15, -0.1) is 22.7 Å². The first-order chi connectivity index (χ1) is 36.2. The summed E-state index contributed by atoms with van der Waals surface area (Å²) in [6.07, 6.45) is 36.1.